The van der Waals surface area contributed by atoms with Gasteiger partial charge in [0.05, 0.1) is 0 Å². The molecule has 5 nitrogen and oxygen atoms in total. The number of amides is 1. The summed E-state index contributed by atoms with van der Waals surface area (Å²) in [5.41, 5.74) is 1.06. The summed E-state index contributed by atoms with van der Waals surface area (Å²) in [4.78, 5) is 16.4. The normalized spacial score (nSPS) is 12.1. The Morgan fingerprint density at radius 3 is 2.90 bits per heavy atom. The predicted octanol–water partition coefficient (Wildman–Crippen LogP) is 1.98. The Kier molecular flexibility index (Phi) is 5.29. The molecule has 1 N–H and O–H groups in total. The van der Waals surface area contributed by atoms with Gasteiger partial charge in [0.15, 0.2) is 0 Å². The van der Waals surface area contributed by atoms with Crippen LogP contribution in [-0.2, 0) is 11.2 Å². The molecule has 0 aromatic carbocycles. The van der Waals surface area contributed by atoms with Crippen LogP contribution in [0.5, 0.6) is 0 Å². The molecule has 2 aromatic rings. The number of pyridine rings is 1. The van der Waals surface area contributed by atoms with Crippen LogP contribution in [-0.4, -0.2) is 27.2 Å². The quantitative estimate of drug-likeness (QED) is 0.784. The van der Waals surface area contributed by atoms with Crippen LogP contribution in [0.15, 0.2) is 42.9 Å². The number of carbonyl (C=O) groups excluding carboxylic acids is 1. The van der Waals surface area contributed by atoms with Crippen molar-refractivity contribution in [3.63, 3.8) is 0 Å². The zero-order chi connectivity index (χ0) is 14.2. The number of aromatic nitrogens is 3. The third-order valence-corrected chi connectivity index (χ3v) is 3.17. The lowest BCUT2D eigenvalue weighted by Gasteiger charge is -2.15. The lowest BCUT2D eigenvalue weighted by Crippen LogP contribution is -2.33. The van der Waals surface area contributed by atoms with Crippen LogP contribution in [0.3, 0.4) is 0 Å². The number of hydrogen-bond donors (Lipinski definition) is 1. The molecule has 20 heavy (non-hydrogen) atoms. The molecule has 0 unspecified atom stereocenters. The average molecular weight is 272 g/mol. The highest BCUT2D eigenvalue weighted by Gasteiger charge is 2.17. The minimum atomic E-state index is -0.222. The van der Waals surface area contributed by atoms with Gasteiger partial charge < -0.3 is 5.32 Å². The van der Waals surface area contributed by atoms with Crippen molar-refractivity contribution < 1.29 is 4.79 Å². The third-order valence-electron chi connectivity index (χ3n) is 3.17. The number of aryl methyl sites for hydroxylation is 1. The number of nitrogens with one attached hydrogen (secondary N) is 1. The van der Waals surface area contributed by atoms with Gasteiger partial charge in [-0.15, -0.1) is 0 Å². The third kappa shape index (κ3) is 3.91. The number of rotatable bonds is 7. The van der Waals surface area contributed by atoms with Crippen LogP contribution < -0.4 is 5.32 Å². The van der Waals surface area contributed by atoms with Crippen LogP contribution in [0, 0.1) is 0 Å². The standard InChI is InChI=1S/C15H20N4O/c1-2-14(19-12-6-11-18-19)15(20)17-10-5-8-13-7-3-4-9-16-13/h3-4,6-7,9,11-12,14H,2,5,8,10H2,1H3,(H,17,20)/t14-/m1/s1. The molecular weight excluding hydrogens is 252 g/mol. The summed E-state index contributed by atoms with van der Waals surface area (Å²) >= 11 is 0. The van der Waals surface area contributed by atoms with E-state index in [0.717, 1.165) is 25.0 Å². The Hall–Kier alpha value is -2.17. The summed E-state index contributed by atoms with van der Waals surface area (Å²) in [5, 5.41) is 7.09. The lowest BCUT2D eigenvalue weighted by atomic mass is 10.2. The Morgan fingerprint density at radius 1 is 1.35 bits per heavy atom. The predicted molar refractivity (Wildman–Crippen MR) is 77.1 cm³/mol. The van der Waals surface area contributed by atoms with Gasteiger partial charge in [0.1, 0.15) is 6.04 Å². The van der Waals surface area contributed by atoms with Crippen molar-refractivity contribution in [1.29, 1.82) is 0 Å². The van der Waals surface area contributed by atoms with Crippen molar-refractivity contribution >= 4 is 5.91 Å². The van der Waals surface area contributed by atoms with Gasteiger partial charge in [-0.2, -0.15) is 5.10 Å². The summed E-state index contributed by atoms with van der Waals surface area (Å²) in [5.74, 6) is 0.0252. The first-order chi connectivity index (χ1) is 9.81. The molecule has 106 valence electrons. The maximum Gasteiger partial charge on any atom is 0.244 e. The van der Waals surface area contributed by atoms with Crippen LogP contribution in [0.2, 0.25) is 0 Å². The highest BCUT2D eigenvalue weighted by Crippen LogP contribution is 2.09. The van der Waals surface area contributed by atoms with Gasteiger partial charge in [-0.3, -0.25) is 14.5 Å². The maximum absolute atomic E-state index is 12.1. The second-order valence-electron chi connectivity index (χ2n) is 4.63. The summed E-state index contributed by atoms with van der Waals surface area (Å²) in [6.07, 6.45) is 7.79. The minimum Gasteiger partial charge on any atom is -0.354 e. The Balaban J connectivity index is 1.74. The van der Waals surface area contributed by atoms with Gasteiger partial charge in [0.2, 0.25) is 5.91 Å². The smallest absolute Gasteiger partial charge is 0.244 e. The fourth-order valence-corrected chi connectivity index (χ4v) is 2.10. The SMILES string of the molecule is CC[C@H](C(=O)NCCCc1ccccn1)n1cccn1. The molecular formula is C15H20N4O. The van der Waals surface area contributed by atoms with E-state index in [0.29, 0.717) is 6.54 Å². The van der Waals surface area contributed by atoms with Crippen LogP contribution in [0.25, 0.3) is 0 Å². The van der Waals surface area contributed by atoms with E-state index in [9.17, 15) is 4.79 Å². The topological polar surface area (TPSA) is 59.8 Å². The first-order valence-corrected chi connectivity index (χ1v) is 6.98. The van der Waals surface area contributed by atoms with Gasteiger partial charge in [0.25, 0.3) is 0 Å². The van der Waals surface area contributed by atoms with Crippen molar-refractivity contribution in [2.45, 2.75) is 32.2 Å². The molecule has 0 fully saturated rings. The van der Waals surface area contributed by atoms with Crippen molar-refractivity contribution in [1.82, 2.24) is 20.1 Å². The molecule has 0 aliphatic carbocycles. The molecule has 0 saturated heterocycles. The lowest BCUT2D eigenvalue weighted by molar-refractivity contribution is -0.124. The van der Waals surface area contributed by atoms with Crippen LogP contribution in [0.4, 0.5) is 0 Å². The average Bonchev–Trinajstić information content (AvgIpc) is 2.99. The van der Waals surface area contributed by atoms with E-state index in [1.54, 1.807) is 17.1 Å². The maximum atomic E-state index is 12.1. The Morgan fingerprint density at radius 2 is 2.25 bits per heavy atom. The van der Waals surface area contributed by atoms with E-state index in [1.165, 1.54) is 0 Å². The number of carbonyl (C=O) groups is 1. The van der Waals surface area contributed by atoms with Gasteiger partial charge in [-0.05, 0) is 37.5 Å². The molecule has 2 aromatic heterocycles. The fraction of sp³-hybridized carbons (Fsp3) is 0.400. The second-order valence-corrected chi connectivity index (χ2v) is 4.63. The highest BCUT2D eigenvalue weighted by molar-refractivity contribution is 5.80. The van der Waals surface area contributed by atoms with E-state index in [1.807, 2.05) is 37.4 Å². The van der Waals surface area contributed by atoms with Gasteiger partial charge in [-0.1, -0.05) is 13.0 Å². The van der Waals surface area contributed by atoms with E-state index < -0.39 is 0 Å². The van der Waals surface area contributed by atoms with Crippen LogP contribution >= 0.6 is 0 Å². The molecule has 1 atom stereocenters. The van der Waals surface area contributed by atoms with Gasteiger partial charge in [0, 0.05) is 30.8 Å². The van der Waals surface area contributed by atoms with E-state index >= 15 is 0 Å². The summed E-state index contributed by atoms with van der Waals surface area (Å²) in [6, 6.07) is 7.49. The van der Waals surface area contributed by atoms with Crippen molar-refractivity contribution in [2.24, 2.45) is 0 Å². The Labute approximate surface area is 119 Å². The molecule has 5 heteroatoms. The van der Waals surface area contributed by atoms with E-state index in [-0.39, 0.29) is 11.9 Å². The summed E-state index contributed by atoms with van der Waals surface area (Å²) in [7, 11) is 0. The zero-order valence-corrected chi connectivity index (χ0v) is 11.7. The van der Waals surface area contributed by atoms with Gasteiger partial charge >= 0.3 is 0 Å². The van der Waals surface area contributed by atoms with Crippen molar-refractivity contribution in [2.75, 3.05) is 6.54 Å². The molecule has 0 radical (unpaired) electrons. The number of nitrogens with zero attached hydrogens (tertiary/aromatic N) is 3. The molecule has 1 amide bonds. The monoisotopic (exact) mass is 272 g/mol. The van der Waals surface area contributed by atoms with Crippen LogP contribution in [0.1, 0.15) is 31.5 Å². The largest absolute Gasteiger partial charge is 0.354 e. The van der Waals surface area contributed by atoms with E-state index in [2.05, 4.69) is 15.4 Å². The fourth-order valence-electron chi connectivity index (χ4n) is 2.10. The van der Waals surface area contributed by atoms with Gasteiger partial charge in [-0.25, -0.2) is 0 Å². The second kappa shape index (κ2) is 7.43. The van der Waals surface area contributed by atoms with Crippen molar-refractivity contribution in [3.8, 4) is 0 Å². The molecule has 0 spiro atoms. The zero-order valence-electron chi connectivity index (χ0n) is 11.7. The Bertz CT molecular complexity index is 510. The van der Waals surface area contributed by atoms with E-state index in [4.69, 9.17) is 0 Å². The minimum absolute atomic E-state index is 0.0252. The molecule has 0 aliphatic heterocycles. The molecule has 0 aliphatic rings. The molecule has 2 rings (SSSR count). The first kappa shape index (κ1) is 14.2. The molecule has 2 heterocycles. The molecule has 0 saturated carbocycles. The van der Waals surface area contributed by atoms with Crippen molar-refractivity contribution in [3.05, 3.63) is 48.5 Å². The highest BCUT2D eigenvalue weighted by atomic mass is 16.2. The first-order valence-electron chi connectivity index (χ1n) is 6.98. The molecule has 0 bridgehead atoms. The number of hydrogen-bond acceptors (Lipinski definition) is 3. The summed E-state index contributed by atoms with van der Waals surface area (Å²) in [6.45, 7) is 2.65. The summed E-state index contributed by atoms with van der Waals surface area (Å²) < 4.78 is 1.70.